The fourth-order valence-electron chi connectivity index (χ4n) is 1.18. The fraction of sp³-hybridized carbons (Fsp3) is 0.250. The van der Waals surface area contributed by atoms with E-state index in [1.165, 1.54) is 13.0 Å². The number of ether oxygens (including phenoxy) is 1. The summed E-state index contributed by atoms with van der Waals surface area (Å²) in [5.41, 5.74) is 5.82. The smallest absolute Gasteiger partial charge is 0.221 e. The lowest BCUT2D eigenvalue weighted by molar-refractivity contribution is -0.114. The number of carbonyl (C=O) groups excluding carboxylic acids is 1. The zero-order chi connectivity index (χ0) is 12.7. The van der Waals surface area contributed by atoms with E-state index < -0.39 is 5.83 Å². The minimum Gasteiger partial charge on any atom is -0.487 e. The summed E-state index contributed by atoms with van der Waals surface area (Å²) in [7, 11) is 0. The second-order valence-corrected chi connectivity index (χ2v) is 3.38. The molecule has 0 aromatic heterocycles. The molecule has 0 atom stereocenters. The molecule has 1 aromatic rings. The second-order valence-electron chi connectivity index (χ2n) is 3.38. The Hall–Kier alpha value is -1.88. The number of nitrogens with two attached hydrogens (primary N) is 1. The van der Waals surface area contributed by atoms with Crippen molar-refractivity contribution in [3.63, 3.8) is 0 Å². The van der Waals surface area contributed by atoms with Crippen LogP contribution >= 0.6 is 0 Å². The minimum absolute atomic E-state index is 0.142. The molecule has 92 valence electrons. The predicted molar refractivity (Wildman–Crippen MR) is 64.5 cm³/mol. The van der Waals surface area contributed by atoms with Crippen LogP contribution in [-0.2, 0) is 4.79 Å². The van der Waals surface area contributed by atoms with Gasteiger partial charge in [0.05, 0.1) is 0 Å². The molecular weight excluding hydrogens is 223 g/mol. The topological polar surface area (TPSA) is 64.3 Å². The molecule has 0 aliphatic heterocycles. The van der Waals surface area contributed by atoms with Crippen LogP contribution in [0.1, 0.15) is 6.92 Å². The van der Waals surface area contributed by atoms with Gasteiger partial charge in [-0.15, -0.1) is 0 Å². The maximum atomic E-state index is 12.9. The van der Waals surface area contributed by atoms with E-state index in [-0.39, 0.29) is 19.1 Å². The Kier molecular flexibility index (Phi) is 5.16. The van der Waals surface area contributed by atoms with Crippen molar-refractivity contribution >= 4 is 11.6 Å². The van der Waals surface area contributed by atoms with E-state index >= 15 is 0 Å². The molecule has 0 fully saturated rings. The van der Waals surface area contributed by atoms with Crippen molar-refractivity contribution in [2.24, 2.45) is 5.73 Å². The summed E-state index contributed by atoms with van der Waals surface area (Å²) in [5.74, 6) is -0.0197. The number of hydrogen-bond acceptors (Lipinski definition) is 3. The zero-order valence-corrected chi connectivity index (χ0v) is 9.57. The van der Waals surface area contributed by atoms with E-state index in [9.17, 15) is 9.18 Å². The molecule has 5 heteroatoms. The number of rotatable bonds is 5. The number of amides is 1. The Balaban J connectivity index is 2.51. The standard InChI is InChI=1S/C12H15FN2O2/c1-9(16)15-11-2-4-12(5-3-11)17-8-10(13)6-7-14/h2-6H,7-8,14H2,1H3,(H,15,16). The van der Waals surface area contributed by atoms with Crippen LogP contribution < -0.4 is 15.8 Å². The molecule has 0 unspecified atom stereocenters. The molecule has 0 aliphatic rings. The number of halogens is 1. The van der Waals surface area contributed by atoms with E-state index in [4.69, 9.17) is 10.5 Å². The van der Waals surface area contributed by atoms with Crippen LogP contribution in [0.3, 0.4) is 0 Å². The summed E-state index contributed by atoms with van der Waals surface area (Å²) < 4.78 is 18.1. The van der Waals surface area contributed by atoms with Gasteiger partial charge in [0.1, 0.15) is 18.2 Å². The van der Waals surface area contributed by atoms with Gasteiger partial charge in [-0.25, -0.2) is 4.39 Å². The molecule has 0 radical (unpaired) electrons. The van der Waals surface area contributed by atoms with Gasteiger partial charge in [-0.3, -0.25) is 4.79 Å². The van der Waals surface area contributed by atoms with Crippen molar-refractivity contribution in [2.75, 3.05) is 18.5 Å². The third-order valence-corrected chi connectivity index (χ3v) is 1.89. The first-order valence-corrected chi connectivity index (χ1v) is 5.17. The molecule has 3 N–H and O–H groups in total. The summed E-state index contributed by atoms with van der Waals surface area (Å²) in [4.78, 5) is 10.8. The van der Waals surface area contributed by atoms with Crippen LogP contribution in [-0.4, -0.2) is 19.1 Å². The van der Waals surface area contributed by atoms with Crippen LogP contribution in [0, 0.1) is 0 Å². The summed E-state index contributed by atoms with van der Waals surface area (Å²) in [6, 6.07) is 6.67. The molecule has 1 amide bonds. The highest BCUT2D eigenvalue weighted by molar-refractivity contribution is 5.88. The molecule has 0 saturated carbocycles. The molecule has 0 heterocycles. The highest BCUT2D eigenvalue weighted by atomic mass is 19.1. The van der Waals surface area contributed by atoms with Gasteiger partial charge < -0.3 is 15.8 Å². The normalized spacial score (nSPS) is 11.1. The van der Waals surface area contributed by atoms with Crippen molar-refractivity contribution in [1.29, 1.82) is 0 Å². The van der Waals surface area contributed by atoms with Crippen molar-refractivity contribution in [2.45, 2.75) is 6.92 Å². The lowest BCUT2D eigenvalue weighted by atomic mass is 10.3. The van der Waals surface area contributed by atoms with Crippen LogP contribution in [0.25, 0.3) is 0 Å². The fourth-order valence-corrected chi connectivity index (χ4v) is 1.18. The van der Waals surface area contributed by atoms with Crippen LogP contribution in [0.15, 0.2) is 36.2 Å². The van der Waals surface area contributed by atoms with Gasteiger partial charge in [0, 0.05) is 19.2 Å². The summed E-state index contributed by atoms with van der Waals surface area (Å²) in [6.07, 6.45) is 1.26. The predicted octanol–water partition coefficient (Wildman–Crippen LogP) is 1.84. The van der Waals surface area contributed by atoms with Crippen molar-refractivity contribution in [3.8, 4) is 5.75 Å². The highest BCUT2D eigenvalue weighted by Crippen LogP contribution is 2.16. The third-order valence-electron chi connectivity index (χ3n) is 1.89. The van der Waals surface area contributed by atoms with Crippen LogP contribution in [0.4, 0.5) is 10.1 Å². The summed E-state index contributed by atoms with van der Waals surface area (Å²) >= 11 is 0. The molecule has 1 rings (SSSR count). The van der Waals surface area contributed by atoms with Crippen LogP contribution in [0.2, 0.25) is 0 Å². The van der Waals surface area contributed by atoms with Crippen molar-refractivity contribution in [3.05, 3.63) is 36.2 Å². The largest absolute Gasteiger partial charge is 0.487 e. The Bertz CT molecular complexity index is 401. The quantitative estimate of drug-likeness (QED) is 0.822. The molecule has 0 aliphatic carbocycles. The maximum absolute atomic E-state index is 12.9. The van der Waals surface area contributed by atoms with Gasteiger partial charge in [0.15, 0.2) is 0 Å². The van der Waals surface area contributed by atoms with Crippen molar-refractivity contribution in [1.82, 2.24) is 0 Å². The Labute approximate surface area is 99.3 Å². The van der Waals surface area contributed by atoms with Gasteiger partial charge in [-0.2, -0.15) is 0 Å². The van der Waals surface area contributed by atoms with Crippen molar-refractivity contribution < 1.29 is 13.9 Å². The number of hydrogen-bond donors (Lipinski definition) is 2. The van der Waals surface area contributed by atoms with E-state index in [2.05, 4.69) is 5.32 Å². The van der Waals surface area contributed by atoms with Crippen LogP contribution in [0.5, 0.6) is 5.75 Å². The van der Waals surface area contributed by atoms with E-state index in [0.717, 1.165) is 0 Å². The first-order chi connectivity index (χ1) is 8.11. The van der Waals surface area contributed by atoms with E-state index in [1.807, 2.05) is 0 Å². The Morgan fingerprint density at radius 3 is 2.65 bits per heavy atom. The SMILES string of the molecule is CC(=O)Nc1ccc(OCC(F)=CCN)cc1. The lowest BCUT2D eigenvalue weighted by Crippen LogP contribution is -2.05. The third kappa shape index (κ3) is 5.12. The van der Waals surface area contributed by atoms with E-state index in [0.29, 0.717) is 11.4 Å². The average molecular weight is 238 g/mol. The monoisotopic (exact) mass is 238 g/mol. The van der Waals surface area contributed by atoms with E-state index in [1.54, 1.807) is 24.3 Å². The molecule has 0 bridgehead atoms. The molecule has 4 nitrogen and oxygen atoms in total. The van der Waals surface area contributed by atoms with Gasteiger partial charge in [0.2, 0.25) is 5.91 Å². The lowest BCUT2D eigenvalue weighted by Gasteiger charge is -2.06. The number of carbonyl (C=O) groups is 1. The summed E-state index contributed by atoms with van der Waals surface area (Å²) in [6.45, 7) is 1.44. The molecule has 0 saturated heterocycles. The number of benzene rings is 1. The highest BCUT2D eigenvalue weighted by Gasteiger charge is 1.99. The minimum atomic E-state index is -0.404. The number of anilines is 1. The number of nitrogens with one attached hydrogen (secondary N) is 1. The molecule has 0 spiro atoms. The first kappa shape index (κ1) is 13.2. The molecule has 17 heavy (non-hydrogen) atoms. The molecule has 1 aromatic carbocycles. The van der Waals surface area contributed by atoms with Gasteiger partial charge >= 0.3 is 0 Å². The zero-order valence-electron chi connectivity index (χ0n) is 9.57. The Morgan fingerprint density at radius 2 is 2.12 bits per heavy atom. The van der Waals surface area contributed by atoms with Gasteiger partial charge in [-0.05, 0) is 30.3 Å². The van der Waals surface area contributed by atoms with Gasteiger partial charge in [-0.1, -0.05) is 0 Å². The van der Waals surface area contributed by atoms with Gasteiger partial charge in [0.25, 0.3) is 0 Å². The Morgan fingerprint density at radius 1 is 1.47 bits per heavy atom. The molecular formula is C12H15FN2O2. The average Bonchev–Trinajstić information content (AvgIpc) is 2.28. The maximum Gasteiger partial charge on any atom is 0.221 e. The second kappa shape index (κ2) is 6.65. The summed E-state index contributed by atoms with van der Waals surface area (Å²) in [5, 5.41) is 2.62. The first-order valence-electron chi connectivity index (χ1n) is 5.17.